The van der Waals surface area contributed by atoms with E-state index in [1.807, 2.05) is 0 Å². The van der Waals surface area contributed by atoms with E-state index >= 15 is 0 Å². The maximum atomic E-state index is 13.4. The van der Waals surface area contributed by atoms with E-state index < -0.39 is 0 Å². The van der Waals surface area contributed by atoms with Crippen molar-refractivity contribution in [3.8, 4) is 28.7 Å². The van der Waals surface area contributed by atoms with E-state index in [4.69, 9.17) is 0 Å². The van der Waals surface area contributed by atoms with E-state index in [9.17, 15) is 9.90 Å². The minimum absolute atomic E-state index is 0.144. The number of allylic oxidation sites excluding steroid dienone is 4. The number of ketones is 1. The van der Waals surface area contributed by atoms with Crippen molar-refractivity contribution in [1.29, 1.82) is 0 Å². The van der Waals surface area contributed by atoms with Gasteiger partial charge in [-0.2, -0.15) is 0 Å². The Kier molecular flexibility index (Phi) is 8.86. The highest BCUT2D eigenvalue weighted by Crippen LogP contribution is 2.44. The highest BCUT2D eigenvalue weighted by molar-refractivity contribution is 6.13. The molecule has 0 aliphatic heterocycles. The molecule has 0 saturated carbocycles. The predicted octanol–water partition coefficient (Wildman–Crippen LogP) is 10.9. The van der Waals surface area contributed by atoms with Crippen LogP contribution in [0.25, 0.3) is 16.7 Å². The fourth-order valence-corrected chi connectivity index (χ4v) is 5.68. The summed E-state index contributed by atoms with van der Waals surface area (Å²) < 4.78 is 0. The van der Waals surface area contributed by atoms with E-state index in [1.54, 1.807) is 0 Å². The fourth-order valence-electron chi connectivity index (χ4n) is 5.68. The molecule has 1 aliphatic carbocycles. The van der Waals surface area contributed by atoms with Crippen molar-refractivity contribution in [3.63, 3.8) is 0 Å². The SMILES string of the molecule is Cc1ccc(C2=C[C+](C(C)(C)C)C(=O)C(C(C)(C)C)=C2)cc1C#Cc1ccc(-c2cc(C(C)(C)C)c(O)c(C(C)(C)C)c2)cc1. The molecule has 0 unspecified atom stereocenters. The molecule has 1 aliphatic rings. The second-order valence-electron chi connectivity index (χ2n) is 16.7. The Morgan fingerprint density at radius 1 is 0.644 bits per heavy atom. The average molecular weight is 600 g/mol. The fraction of sp³-hybridized carbons (Fsp3) is 0.395. The zero-order chi connectivity index (χ0) is 33.7. The van der Waals surface area contributed by atoms with Crippen molar-refractivity contribution >= 4 is 11.4 Å². The van der Waals surface area contributed by atoms with Crippen LogP contribution in [0.1, 0.15) is 116 Å². The summed E-state index contributed by atoms with van der Waals surface area (Å²) >= 11 is 0. The zero-order valence-electron chi connectivity index (χ0n) is 29.7. The number of phenols is 1. The normalized spacial score (nSPS) is 14.5. The van der Waals surface area contributed by atoms with Gasteiger partial charge in [0.05, 0.1) is 17.7 Å². The molecule has 2 heteroatoms. The first-order chi connectivity index (χ1) is 20.6. The van der Waals surface area contributed by atoms with Crippen LogP contribution < -0.4 is 0 Å². The molecule has 0 heterocycles. The van der Waals surface area contributed by atoms with Crippen molar-refractivity contribution in [2.45, 2.75) is 101 Å². The summed E-state index contributed by atoms with van der Waals surface area (Å²) in [6.45, 7) is 27.5. The Balaban J connectivity index is 1.70. The quantitative estimate of drug-likeness (QED) is 0.235. The molecule has 0 bridgehead atoms. The average Bonchev–Trinajstić information content (AvgIpc) is 2.90. The Labute approximate surface area is 272 Å². The molecule has 0 atom stereocenters. The van der Waals surface area contributed by atoms with Crippen molar-refractivity contribution < 1.29 is 9.90 Å². The zero-order valence-corrected chi connectivity index (χ0v) is 29.7. The van der Waals surface area contributed by atoms with E-state index in [0.29, 0.717) is 5.75 Å². The molecule has 3 aromatic carbocycles. The standard InChI is InChI=1S/C43H50O2/c1-27-14-18-31(33-25-36(42(8,9)10)39(45)37(26-33)43(11,12)13)22-30(27)21-17-28-15-19-29(20-16-28)32-23-34(40(2,3)4)38(44)35(24-32)41(5,6)7/h14-16,18-20,22-26H,1-13H3/p+1. The molecule has 0 spiro atoms. The van der Waals surface area contributed by atoms with E-state index in [0.717, 1.165) is 61.6 Å². The third-order valence-corrected chi connectivity index (χ3v) is 8.56. The maximum absolute atomic E-state index is 13.4. The topological polar surface area (TPSA) is 37.3 Å². The molecule has 0 aromatic heterocycles. The third-order valence-electron chi connectivity index (χ3n) is 8.56. The number of aryl methyl sites for hydroxylation is 1. The molecule has 3 aromatic rings. The highest BCUT2D eigenvalue weighted by Gasteiger charge is 2.45. The first kappa shape index (κ1) is 33.9. The largest absolute Gasteiger partial charge is 0.507 e. The number of benzene rings is 3. The Hall–Kier alpha value is -3.96. The molecule has 0 amide bonds. The lowest BCUT2D eigenvalue weighted by Gasteiger charge is -2.28. The third kappa shape index (κ3) is 7.48. The van der Waals surface area contributed by atoms with Crippen molar-refractivity contribution in [3.05, 3.63) is 112 Å². The van der Waals surface area contributed by atoms with Crippen LogP contribution in [0, 0.1) is 35.5 Å². The summed E-state index contributed by atoms with van der Waals surface area (Å²) in [5.74, 6) is 8.18. The summed E-state index contributed by atoms with van der Waals surface area (Å²) in [4.78, 5) is 13.4. The van der Waals surface area contributed by atoms with Crippen LogP contribution in [0.5, 0.6) is 5.75 Å². The molecule has 0 fully saturated rings. The van der Waals surface area contributed by atoms with Gasteiger partial charge in [-0.1, -0.05) is 71.6 Å². The molecular weight excluding hydrogens is 548 g/mol. The van der Waals surface area contributed by atoms with Gasteiger partial charge in [0.25, 0.3) is 5.78 Å². The van der Waals surface area contributed by atoms with Gasteiger partial charge in [-0.25, -0.2) is 0 Å². The van der Waals surface area contributed by atoms with Gasteiger partial charge in [0, 0.05) is 38.6 Å². The minimum Gasteiger partial charge on any atom is -0.507 e. The van der Waals surface area contributed by atoms with Crippen LogP contribution >= 0.6 is 0 Å². The molecular formula is C43H51O2+. The molecule has 234 valence electrons. The van der Waals surface area contributed by atoms with Crippen LogP contribution in [-0.2, 0) is 15.6 Å². The Morgan fingerprint density at radius 3 is 1.67 bits per heavy atom. The number of Topliss-reactive ketones (excluding diaryl/α,β-unsaturated/α-hetero) is 1. The number of carbonyl (C=O) groups is 1. The second kappa shape index (κ2) is 11.8. The lowest BCUT2D eigenvalue weighted by atomic mass is 9.68. The van der Waals surface area contributed by atoms with Gasteiger partial charge in [-0.3, -0.25) is 4.79 Å². The molecule has 0 radical (unpaired) electrons. The summed E-state index contributed by atoms with van der Waals surface area (Å²) in [5.41, 5.74) is 9.22. The lowest BCUT2D eigenvalue weighted by Crippen LogP contribution is -2.32. The van der Waals surface area contributed by atoms with Gasteiger partial charge in [0.2, 0.25) is 0 Å². The van der Waals surface area contributed by atoms with Gasteiger partial charge >= 0.3 is 0 Å². The number of hydrogen-bond acceptors (Lipinski definition) is 2. The number of rotatable bonds is 2. The van der Waals surface area contributed by atoms with Crippen molar-refractivity contribution in [1.82, 2.24) is 0 Å². The minimum atomic E-state index is -0.255. The summed E-state index contributed by atoms with van der Waals surface area (Å²) in [5, 5.41) is 11.1. The highest BCUT2D eigenvalue weighted by atomic mass is 16.3. The first-order valence-corrected chi connectivity index (χ1v) is 16.0. The van der Waals surface area contributed by atoms with Gasteiger partial charge < -0.3 is 5.11 Å². The van der Waals surface area contributed by atoms with Crippen molar-refractivity contribution in [2.75, 3.05) is 0 Å². The number of phenolic OH excluding ortho intramolecular Hbond substituents is 1. The van der Waals surface area contributed by atoms with Crippen LogP contribution in [-0.4, -0.2) is 10.9 Å². The predicted molar refractivity (Wildman–Crippen MR) is 191 cm³/mol. The Morgan fingerprint density at radius 2 is 1.18 bits per heavy atom. The number of aromatic hydroxyl groups is 1. The van der Waals surface area contributed by atoms with E-state index in [-0.39, 0.29) is 27.4 Å². The molecule has 1 N–H and O–H groups in total. The lowest BCUT2D eigenvalue weighted by molar-refractivity contribution is -0.115. The summed E-state index contributed by atoms with van der Waals surface area (Å²) in [6, 6.07) is 19.0. The Bertz CT molecular complexity index is 1700. The van der Waals surface area contributed by atoms with Crippen LogP contribution in [0.2, 0.25) is 0 Å². The van der Waals surface area contributed by atoms with E-state index in [2.05, 4.69) is 169 Å². The summed E-state index contributed by atoms with van der Waals surface area (Å²) in [7, 11) is 0. The second-order valence-corrected chi connectivity index (χ2v) is 16.7. The van der Waals surface area contributed by atoms with Gasteiger partial charge in [-0.05, 0) is 112 Å². The number of hydrogen-bond donors (Lipinski definition) is 1. The summed E-state index contributed by atoms with van der Waals surface area (Å²) in [6.07, 6.45) is 4.13. The maximum Gasteiger partial charge on any atom is 0.291 e. The van der Waals surface area contributed by atoms with Crippen molar-refractivity contribution in [2.24, 2.45) is 10.8 Å². The molecule has 4 rings (SSSR count). The monoisotopic (exact) mass is 599 g/mol. The molecule has 45 heavy (non-hydrogen) atoms. The smallest absolute Gasteiger partial charge is 0.291 e. The first-order valence-electron chi connectivity index (χ1n) is 16.0. The van der Waals surface area contributed by atoms with Gasteiger partial charge in [0.15, 0.2) is 0 Å². The molecule has 0 saturated heterocycles. The number of carbonyl (C=O) groups excluding carboxylic acids is 1. The van der Waals surface area contributed by atoms with Crippen LogP contribution in [0.3, 0.4) is 0 Å². The molecule has 2 nitrogen and oxygen atoms in total. The van der Waals surface area contributed by atoms with Gasteiger partial charge in [0.1, 0.15) is 17.2 Å². The van der Waals surface area contributed by atoms with Crippen LogP contribution in [0.15, 0.2) is 72.3 Å². The van der Waals surface area contributed by atoms with Gasteiger partial charge in [-0.15, -0.1) is 0 Å². The van der Waals surface area contributed by atoms with E-state index in [1.165, 1.54) is 0 Å². The van der Waals surface area contributed by atoms with Crippen LogP contribution in [0.4, 0.5) is 0 Å².